The highest BCUT2D eigenvalue weighted by Gasteiger charge is 2.32. The van der Waals surface area contributed by atoms with Crippen LogP contribution < -0.4 is 9.62 Å². The van der Waals surface area contributed by atoms with Gasteiger partial charge in [0, 0.05) is 28.2 Å². The monoisotopic (exact) mass is 609 g/mol. The number of sulfonamides is 1. The maximum absolute atomic E-state index is 13.9. The van der Waals surface area contributed by atoms with Crippen LogP contribution in [0.1, 0.15) is 32.3 Å². The van der Waals surface area contributed by atoms with Gasteiger partial charge in [0.2, 0.25) is 11.8 Å². The zero-order chi connectivity index (χ0) is 28.6. The van der Waals surface area contributed by atoms with E-state index in [1.807, 2.05) is 6.92 Å². The van der Waals surface area contributed by atoms with Gasteiger partial charge in [-0.2, -0.15) is 0 Å². The lowest BCUT2D eigenvalue weighted by atomic mass is 10.1. The van der Waals surface area contributed by atoms with Gasteiger partial charge in [0.25, 0.3) is 10.0 Å². The molecule has 1 unspecified atom stereocenters. The van der Waals surface area contributed by atoms with Gasteiger partial charge in [-0.15, -0.1) is 0 Å². The number of anilines is 1. The van der Waals surface area contributed by atoms with Crippen LogP contribution in [0.25, 0.3) is 0 Å². The standard InChI is InChI=1S/C28H30Cl3N3O4S/c1-3-4-15-32-28(36)20(2)33(18-21-7-5-8-23(30)16-21)27(35)19-34(25-10-6-9-24(31)17-25)39(37,38)26-13-11-22(29)12-14-26/h5-14,16-17,20H,3-4,15,18-19H2,1-2H3,(H,32,36). The van der Waals surface area contributed by atoms with Crippen molar-refractivity contribution < 1.29 is 18.0 Å². The molecule has 0 bridgehead atoms. The lowest BCUT2D eigenvalue weighted by Crippen LogP contribution is -2.51. The van der Waals surface area contributed by atoms with E-state index in [1.165, 1.54) is 35.2 Å². The van der Waals surface area contributed by atoms with Crippen molar-refractivity contribution in [2.45, 2.75) is 44.2 Å². The van der Waals surface area contributed by atoms with Gasteiger partial charge in [0.1, 0.15) is 12.6 Å². The highest BCUT2D eigenvalue weighted by Crippen LogP contribution is 2.27. The topological polar surface area (TPSA) is 86.8 Å². The average Bonchev–Trinajstić information content (AvgIpc) is 2.90. The first-order valence-corrected chi connectivity index (χ1v) is 15.0. The summed E-state index contributed by atoms with van der Waals surface area (Å²) in [5.41, 5.74) is 0.896. The maximum Gasteiger partial charge on any atom is 0.264 e. The van der Waals surface area contributed by atoms with E-state index in [-0.39, 0.29) is 23.0 Å². The number of carbonyl (C=O) groups excluding carboxylic acids is 2. The van der Waals surface area contributed by atoms with Crippen LogP contribution in [0.3, 0.4) is 0 Å². The molecule has 39 heavy (non-hydrogen) atoms. The number of nitrogens with zero attached hydrogens (tertiary/aromatic N) is 2. The van der Waals surface area contributed by atoms with Crippen LogP contribution in [0.15, 0.2) is 77.7 Å². The van der Waals surface area contributed by atoms with E-state index in [1.54, 1.807) is 49.4 Å². The van der Waals surface area contributed by atoms with Gasteiger partial charge in [-0.3, -0.25) is 13.9 Å². The van der Waals surface area contributed by atoms with Crippen molar-refractivity contribution in [3.05, 3.63) is 93.4 Å². The fourth-order valence-corrected chi connectivity index (χ4v) is 5.77. The predicted octanol–water partition coefficient (Wildman–Crippen LogP) is 6.18. The van der Waals surface area contributed by atoms with Gasteiger partial charge < -0.3 is 10.2 Å². The lowest BCUT2D eigenvalue weighted by molar-refractivity contribution is -0.139. The predicted molar refractivity (Wildman–Crippen MR) is 157 cm³/mol. The molecule has 0 spiro atoms. The number of halogens is 3. The molecule has 0 fully saturated rings. The van der Waals surface area contributed by atoms with Gasteiger partial charge in [-0.05, 0) is 73.5 Å². The maximum atomic E-state index is 13.9. The molecule has 3 aromatic rings. The first-order valence-electron chi connectivity index (χ1n) is 12.4. The normalized spacial score (nSPS) is 12.0. The number of rotatable bonds is 12. The second-order valence-corrected chi connectivity index (χ2v) is 12.1. The quantitative estimate of drug-likeness (QED) is 0.248. The molecule has 0 saturated carbocycles. The first kappa shape index (κ1) is 30.8. The largest absolute Gasteiger partial charge is 0.354 e. The zero-order valence-corrected chi connectivity index (χ0v) is 24.7. The summed E-state index contributed by atoms with van der Waals surface area (Å²) in [4.78, 5) is 28.1. The molecule has 0 aromatic heterocycles. The number of amides is 2. The van der Waals surface area contributed by atoms with E-state index >= 15 is 0 Å². The number of benzene rings is 3. The molecule has 3 rings (SSSR count). The fourth-order valence-electron chi connectivity index (χ4n) is 3.84. The summed E-state index contributed by atoms with van der Waals surface area (Å²) in [6, 6.07) is 17.9. The zero-order valence-electron chi connectivity index (χ0n) is 21.6. The van der Waals surface area contributed by atoms with Crippen molar-refractivity contribution in [1.29, 1.82) is 0 Å². The minimum absolute atomic E-state index is 0.0478. The van der Waals surface area contributed by atoms with E-state index < -0.39 is 28.5 Å². The third-order valence-corrected chi connectivity index (χ3v) is 8.53. The molecule has 0 radical (unpaired) electrons. The van der Waals surface area contributed by atoms with E-state index in [0.717, 1.165) is 17.1 Å². The second-order valence-electron chi connectivity index (χ2n) is 8.92. The Morgan fingerprint density at radius 2 is 1.54 bits per heavy atom. The number of unbranched alkanes of at least 4 members (excludes halogenated alkanes) is 1. The molecule has 1 atom stereocenters. The molecule has 11 heteroatoms. The number of hydrogen-bond donors (Lipinski definition) is 1. The summed E-state index contributed by atoms with van der Waals surface area (Å²) in [7, 11) is -4.21. The van der Waals surface area contributed by atoms with E-state index in [4.69, 9.17) is 34.8 Å². The van der Waals surface area contributed by atoms with Gasteiger partial charge in [0.05, 0.1) is 10.6 Å². The Kier molecular flexibility index (Phi) is 11.1. The van der Waals surface area contributed by atoms with Crippen LogP contribution in [0.2, 0.25) is 15.1 Å². The molecule has 0 heterocycles. The lowest BCUT2D eigenvalue weighted by Gasteiger charge is -2.32. The fraction of sp³-hybridized carbons (Fsp3) is 0.286. The minimum atomic E-state index is -4.21. The Bertz CT molecular complexity index is 1400. The number of carbonyl (C=O) groups is 2. The summed E-state index contributed by atoms with van der Waals surface area (Å²) in [5.74, 6) is -0.917. The summed E-state index contributed by atoms with van der Waals surface area (Å²) in [5, 5.41) is 4.00. The molecule has 0 aliphatic carbocycles. The van der Waals surface area contributed by atoms with Crippen molar-refractivity contribution in [3.8, 4) is 0 Å². The number of hydrogen-bond acceptors (Lipinski definition) is 4. The molecular formula is C28H30Cl3N3O4S. The van der Waals surface area contributed by atoms with Gasteiger partial charge in [-0.1, -0.05) is 66.3 Å². The molecule has 1 N–H and O–H groups in total. The summed E-state index contributed by atoms with van der Waals surface area (Å²) >= 11 is 18.3. The van der Waals surface area contributed by atoms with Crippen molar-refractivity contribution >= 4 is 62.3 Å². The van der Waals surface area contributed by atoms with Crippen LogP contribution >= 0.6 is 34.8 Å². The van der Waals surface area contributed by atoms with Crippen molar-refractivity contribution in [2.75, 3.05) is 17.4 Å². The summed E-state index contributed by atoms with van der Waals surface area (Å²) in [6.07, 6.45) is 1.69. The van der Waals surface area contributed by atoms with Crippen LogP contribution in [0.4, 0.5) is 5.69 Å². The van der Waals surface area contributed by atoms with Gasteiger partial charge >= 0.3 is 0 Å². The van der Waals surface area contributed by atoms with E-state index in [9.17, 15) is 18.0 Å². The molecule has 208 valence electrons. The van der Waals surface area contributed by atoms with Crippen molar-refractivity contribution in [2.24, 2.45) is 0 Å². The van der Waals surface area contributed by atoms with Crippen LogP contribution in [0, 0.1) is 0 Å². The first-order chi connectivity index (χ1) is 18.5. The molecular weight excluding hydrogens is 581 g/mol. The van der Waals surface area contributed by atoms with Crippen LogP contribution in [-0.4, -0.2) is 44.3 Å². The average molecular weight is 611 g/mol. The van der Waals surface area contributed by atoms with E-state index in [0.29, 0.717) is 27.2 Å². The van der Waals surface area contributed by atoms with Crippen LogP contribution in [-0.2, 0) is 26.2 Å². The Labute approximate surface area is 244 Å². The molecule has 3 aromatic carbocycles. The minimum Gasteiger partial charge on any atom is -0.354 e. The third-order valence-electron chi connectivity index (χ3n) is 6.02. The number of nitrogens with one attached hydrogen (secondary N) is 1. The molecule has 0 saturated heterocycles. The SMILES string of the molecule is CCCCNC(=O)C(C)N(Cc1cccc(Cl)c1)C(=O)CN(c1cccc(Cl)c1)S(=O)(=O)c1ccc(Cl)cc1. The van der Waals surface area contributed by atoms with E-state index in [2.05, 4.69) is 5.32 Å². The van der Waals surface area contributed by atoms with Crippen LogP contribution in [0.5, 0.6) is 0 Å². The molecule has 0 aliphatic rings. The Balaban J connectivity index is 2.00. The Morgan fingerprint density at radius 3 is 2.15 bits per heavy atom. The second kappa shape index (κ2) is 14.0. The summed E-state index contributed by atoms with van der Waals surface area (Å²) in [6.45, 7) is 3.57. The molecule has 0 aliphatic heterocycles. The van der Waals surface area contributed by atoms with Gasteiger partial charge in [-0.25, -0.2) is 8.42 Å². The van der Waals surface area contributed by atoms with Crippen molar-refractivity contribution in [3.63, 3.8) is 0 Å². The van der Waals surface area contributed by atoms with Crippen molar-refractivity contribution in [1.82, 2.24) is 10.2 Å². The summed E-state index contributed by atoms with van der Waals surface area (Å²) < 4.78 is 28.5. The Morgan fingerprint density at radius 1 is 0.897 bits per heavy atom. The molecule has 7 nitrogen and oxygen atoms in total. The third kappa shape index (κ3) is 8.35. The Hall–Kier alpha value is -2.78. The smallest absolute Gasteiger partial charge is 0.264 e. The highest BCUT2D eigenvalue weighted by atomic mass is 35.5. The van der Waals surface area contributed by atoms with Gasteiger partial charge in [0.15, 0.2) is 0 Å². The highest BCUT2D eigenvalue weighted by molar-refractivity contribution is 7.92. The molecule has 2 amide bonds.